The molecule has 0 spiro atoms. The van der Waals surface area contributed by atoms with E-state index in [1.165, 1.54) is 4.90 Å². The summed E-state index contributed by atoms with van der Waals surface area (Å²) in [5, 5.41) is 3.56. The van der Waals surface area contributed by atoms with E-state index in [2.05, 4.69) is 21.2 Å². The third-order valence-electron chi connectivity index (χ3n) is 6.34. The number of nitrogens with zero attached hydrogens (tertiary/aromatic N) is 2. The van der Waals surface area contributed by atoms with Crippen molar-refractivity contribution < 1.29 is 18.0 Å². The molecule has 0 bridgehead atoms. The largest absolute Gasteiger partial charge is 0.352 e. The number of nitrogens with one attached hydrogen (secondary N) is 1. The molecule has 0 aliphatic carbocycles. The zero-order valence-electron chi connectivity index (χ0n) is 22.2. The van der Waals surface area contributed by atoms with Crippen molar-refractivity contribution in [1.82, 2.24) is 10.2 Å². The molecule has 7 nitrogen and oxygen atoms in total. The fraction of sp³-hybridized carbons (Fsp3) is 0.310. The lowest BCUT2D eigenvalue weighted by Crippen LogP contribution is -2.54. The average Bonchev–Trinajstić information content (AvgIpc) is 2.90. The first-order valence-electron chi connectivity index (χ1n) is 12.6. The lowest BCUT2D eigenvalue weighted by atomic mass is 10.0. The molecule has 0 aromatic heterocycles. The molecule has 2 amide bonds. The van der Waals surface area contributed by atoms with E-state index in [4.69, 9.17) is 11.6 Å². The molecular weight excluding hydrogens is 602 g/mol. The van der Waals surface area contributed by atoms with Gasteiger partial charge in [-0.3, -0.25) is 13.9 Å². The predicted octanol–water partition coefficient (Wildman–Crippen LogP) is 5.42. The molecule has 3 aromatic carbocycles. The molecule has 208 valence electrons. The first-order valence-corrected chi connectivity index (χ1v) is 15.6. The first-order chi connectivity index (χ1) is 18.5. The lowest BCUT2D eigenvalue weighted by molar-refractivity contribution is -0.140. The molecule has 0 aliphatic heterocycles. The molecule has 10 heteroatoms. The smallest absolute Gasteiger partial charge is 0.244 e. The van der Waals surface area contributed by atoms with Crippen LogP contribution in [-0.4, -0.2) is 50.0 Å². The molecule has 3 rings (SSSR count). The SMILES string of the molecule is CC[C@@H](C)NC(=O)[C@@H](Cc1ccccc1)N(Cc1ccc(Cl)cc1)C(=O)CN(c1ccccc1Br)S(C)(=O)=O. The van der Waals surface area contributed by atoms with E-state index in [1.807, 2.05) is 44.2 Å². The molecule has 0 unspecified atom stereocenters. The number of halogens is 2. The summed E-state index contributed by atoms with van der Waals surface area (Å²) in [7, 11) is -3.84. The molecule has 0 radical (unpaired) electrons. The van der Waals surface area contributed by atoms with Gasteiger partial charge in [0.2, 0.25) is 21.8 Å². The summed E-state index contributed by atoms with van der Waals surface area (Å²) in [6.45, 7) is 3.49. The van der Waals surface area contributed by atoms with Crippen molar-refractivity contribution in [3.63, 3.8) is 0 Å². The van der Waals surface area contributed by atoms with E-state index in [0.717, 1.165) is 28.1 Å². The quantitative estimate of drug-likeness (QED) is 0.288. The number of carbonyl (C=O) groups excluding carboxylic acids is 2. The third kappa shape index (κ3) is 8.81. The number of amides is 2. The summed E-state index contributed by atoms with van der Waals surface area (Å²) in [6.07, 6.45) is 2.04. The Bertz CT molecular complexity index is 1370. The minimum Gasteiger partial charge on any atom is -0.352 e. The number of rotatable bonds is 12. The fourth-order valence-corrected chi connectivity index (χ4v) is 5.63. The Morgan fingerprint density at radius 3 is 2.15 bits per heavy atom. The zero-order chi connectivity index (χ0) is 28.6. The van der Waals surface area contributed by atoms with Crippen molar-refractivity contribution in [2.75, 3.05) is 17.1 Å². The third-order valence-corrected chi connectivity index (χ3v) is 8.39. The molecule has 0 heterocycles. The van der Waals surface area contributed by atoms with Crippen molar-refractivity contribution in [2.45, 2.75) is 45.3 Å². The van der Waals surface area contributed by atoms with Crippen molar-refractivity contribution in [3.05, 3.63) is 99.5 Å². The zero-order valence-corrected chi connectivity index (χ0v) is 25.3. The van der Waals surface area contributed by atoms with Crippen LogP contribution in [0.15, 0.2) is 83.3 Å². The lowest BCUT2D eigenvalue weighted by Gasteiger charge is -2.34. The van der Waals surface area contributed by atoms with E-state index in [1.54, 1.807) is 48.5 Å². The Hall–Kier alpha value is -2.88. The Labute approximate surface area is 244 Å². The second kappa shape index (κ2) is 14.0. The number of para-hydroxylation sites is 1. The number of benzene rings is 3. The maximum Gasteiger partial charge on any atom is 0.244 e. The van der Waals surface area contributed by atoms with Crippen LogP contribution in [0, 0.1) is 0 Å². The van der Waals surface area contributed by atoms with Gasteiger partial charge in [-0.05, 0) is 64.7 Å². The van der Waals surface area contributed by atoms with Gasteiger partial charge < -0.3 is 10.2 Å². The summed E-state index contributed by atoms with van der Waals surface area (Å²) in [5.74, 6) is -0.811. The van der Waals surface area contributed by atoms with Gasteiger partial charge in [0.05, 0.1) is 11.9 Å². The van der Waals surface area contributed by atoms with Crippen LogP contribution in [0.2, 0.25) is 5.02 Å². The van der Waals surface area contributed by atoms with Crippen LogP contribution in [0.3, 0.4) is 0 Å². The first kappa shape index (κ1) is 30.7. The van der Waals surface area contributed by atoms with Gasteiger partial charge in [-0.2, -0.15) is 0 Å². The Kier molecular flexibility index (Phi) is 11.0. The maximum absolute atomic E-state index is 14.0. The van der Waals surface area contributed by atoms with Gasteiger partial charge in [-0.15, -0.1) is 0 Å². The number of hydrogen-bond donors (Lipinski definition) is 1. The molecule has 0 fully saturated rings. The van der Waals surface area contributed by atoms with Crippen molar-refractivity contribution >= 4 is 55.1 Å². The van der Waals surface area contributed by atoms with Gasteiger partial charge in [0.25, 0.3) is 0 Å². The van der Waals surface area contributed by atoms with Crippen LogP contribution in [0.1, 0.15) is 31.4 Å². The highest BCUT2D eigenvalue weighted by molar-refractivity contribution is 9.10. The van der Waals surface area contributed by atoms with Gasteiger partial charge in [0, 0.05) is 28.5 Å². The molecular formula is C29H33BrClN3O4S. The van der Waals surface area contributed by atoms with E-state index in [9.17, 15) is 18.0 Å². The summed E-state index contributed by atoms with van der Waals surface area (Å²) in [4.78, 5) is 29.2. The van der Waals surface area contributed by atoms with Crippen molar-refractivity contribution in [3.8, 4) is 0 Å². The van der Waals surface area contributed by atoms with Crippen molar-refractivity contribution in [2.24, 2.45) is 0 Å². The van der Waals surface area contributed by atoms with Crippen LogP contribution in [0.25, 0.3) is 0 Å². The molecule has 0 saturated carbocycles. The van der Waals surface area contributed by atoms with Crippen LogP contribution < -0.4 is 9.62 Å². The average molecular weight is 635 g/mol. The molecule has 0 aliphatic rings. The highest BCUT2D eigenvalue weighted by Crippen LogP contribution is 2.28. The van der Waals surface area contributed by atoms with Gasteiger partial charge in [0.15, 0.2) is 0 Å². The number of carbonyl (C=O) groups is 2. The summed E-state index contributed by atoms with van der Waals surface area (Å²) in [6, 6.07) is 22.3. The maximum atomic E-state index is 14.0. The Balaban J connectivity index is 2.06. The number of hydrogen-bond acceptors (Lipinski definition) is 4. The minimum atomic E-state index is -3.84. The van der Waals surface area contributed by atoms with Crippen LogP contribution >= 0.6 is 27.5 Å². The van der Waals surface area contributed by atoms with Crippen LogP contribution in [-0.2, 0) is 32.6 Å². The van der Waals surface area contributed by atoms with Gasteiger partial charge in [0.1, 0.15) is 12.6 Å². The summed E-state index contributed by atoms with van der Waals surface area (Å²) >= 11 is 9.48. The second-order valence-corrected chi connectivity index (χ2v) is 12.6. The topological polar surface area (TPSA) is 86.8 Å². The normalized spacial score (nSPS) is 12.8. The Morgan fingerprint density at radius 1 is 0.949 bits per heavy atom. The van der Waals surface area contributed by atoms with Gasteiger partial charge in [-0.1, -0.05) is 73.1 Å². The van der Waals surface area contributed by atoms with Gasteiger partial charge in [-0.25, -0.2) is 8.42 Å². The van der Waals surface area contributed by atoms with E-state index in [0.29, 0.717) is 15.2 Å². The monoisotopic (exact) mass is 633 g/mol. The molecule has 39 heavy (non-hydrogen) atoms. The van der Waals surface area contributed by atoms with E-state index < -0.39 is 28.5 Å². The predicted molar refractivity (Wildman–Crippen MR) is 160 cm³/mol. The molecule has 1 N–H and O–H groups in total. The van der Waals surface area contributed by atoms with E-state index in [-0.39, 0.29) is 24.9 Å². The number of sulfonamides is 1. The second-order valence-electron chi connectivity index (χ2n) is 9.39. The van der Waals surface area contributed by atoms with Gasteiger partial charge >= 0.3 is 0 Å². The van der Waals surface area contributed by atoms with Crippen LogP contribution in [0.5, 0.6) is 0 Å². The number of anilines is 1. The Morgan fingerprint density at radius 2 is 1.56 bits per heavy atom. The molecule has 0 saturated heterocycles. The highest BCUT2D eigenvalue weighted by Gasteiger charge is 2.33. The van der Waals surface area contributed by atoms with Crippen LogP contribution in [0.4, 0.5) is 5.69 Å². The summed E-state index contributed by atoms with van der Waals surface area (Å²) < 4.78 is 27.3. The van der Waals surface area contributed by atoms with Crippen molar-refractivity contribution in [1.29, 1.82) is 0 Å². The highest BCUT2D eigenvalue weighted by atomic mass is 79.9. The van der Waals surface area contributed by atoms with E-state index >= 15 is 0 Å². The minimum absolute atomic E-state index is 0.0923. The molecule has 3 aromatic rings. The summed E-state index contributed by atoms with van der Waals surface area (Å²) in [5.41, 5.74) is 1.97. The fourth-order valence-electron chi connectivity index (χ4n) is 4.03. The molecule has 2 atom stereocenters. The standard InChI is InChI=1S/C29H33BrClN3O4S/c1-4-21(2)32-29(36)27(18-22-10-6-5-7-11-22)33(19-23-14-16-24(31)17-15-23)28(35)20-34(39(3,37)38)26-13-9-8-12-25(26)30/h5-17,21,27H,4,18-20H2,1-3H3,(H,32,36)/t21-,27-/m1/s1.